The molecule has 0 fully saturated rings. The molecule has 0 bridgehead atoms. The Morgan fingerprint density at radius 3 is 2.82 bits per heavy atom. The van der Waals surface area contributed by atoms with Crippen molar-refractivity contribution in [3.63, 3.8) is 0 Å². The van der Waals surface area contributed by atoms with E-state index in [0.717, 1.165) is 27.3 Å². The molecular formula is C12H9BrN2OS. The minimum absolute atomic E-state index is 0.0434. The molecule has 0 saturated heterocycles. The first-order valence-electron chi connectivity index (χ1n) is 5.22. The summed E-state index contributed by atoms with van der Waals surface area (Å²) in [7, 11) is 0. The summed E-state index contributed by atoms with van der Waals surface area (Å²) < 4.78 is 0.844. The van der Waals surface area contributed by atoms with Gasteiger partial charge >= 0.3 is 0 Å². The molecule has 0 N–H and O–H groups in total. The van der Waals surface area contributed by atoms with Crippen molar-refractivity contribution < 1.29 is 4.84 Å². The number of oxime groups is 1. The van der Waals surface area contributed by atoms with Gasteiger partial charge in [0.05, 0.1) is 5.69 Å². The van der Waals surface area contributed by atoms with Crippen molar-refractivity contribution in [2.24, 2.45) is 5.16 Å². The Balaban J connectivity index is 1.84. The molecule has 2 aromatic rings. The van der Waals surface area contributed by atoms with Crippen molar-refractivity contribution >= 4 is 31.9 Å². The van der Waals surface area contributed by atoms with Gasteiger partial charge in [-0.1, -0.05) is 35.5 Å². The van der Waals surface area contributed by atoms with E-state index in [0.29, 0.717) is 0 Å². The molecule has 1 aliphatic heterocycles. The van der Waals surface area contributed by atoms with Gasteiger partial charge in [0.1, 0.15) is 9.63 Å². The lowest BCUT2D eigenvalue weighted by Crippen LogP contribution is -1.97. The summed E-state index contributed by atoms with van der Waals surface area (Å²) >= 11 is 4.96. The standard InChI is InChI=1S/C12H9BrN2OS/c13-11-6-10(16-15-11)9-7-17-12(14-9)8-4-2-1-3-5-8/h1-5,7,10H,6H2. The maximum absolute atomic E-state index is 5.29. The maximum Gasteiger partial charge on any atom is 0.176 e. The highest BCUT2D eigenvalue weighted by Crippen LogP contribution is 2.32. The number of nitrogens with zero attached hydrogens (tertiary/aromatic N) is 2. The normalized spacial score (nSPS) is 18.9. The van der Waals surface area contributed by atoms with Crippen molar-refractivity contribution in [1.82, 2.24) is 4.98 Å². The van der Waals surface area contributed by atoms with E-state index in [9.17, 15) is 0 Å². The molecule has 0 aliphatic carbocycles. The zero-order chi connectivity index (χ0) is 11.7. The number of hydrogen-bond donors (Lipinski definition) is 0. The van der Waals surface area contributed by atoms with Gasteiger partial charge in [0.15, 0.2) is 6.10 Å². The highest BCUT2D eigenvalue weighted by molar-refractivity contribution is 9.18. The average Bonchev–Trinajstić information content (AvgIpc) is 2.98. The third-order valence-electron chi connectivity index (χ3n) is 2.51. The summed E-state index contributed by atoms with van der Waals surface area (Å²) in [4.78, 5) is 9.88. The molecule has 1 atom stereocenters. The van der Waals surface area contributed by atoms with E-state index in [1.54, 1.807) is 11.3 Å². The molecule has 3 rings (SSSR count). The largest absolute Gasteiger partial charge is 0.385 e. The summed E-state index contributed by atoms with van der Waals surface area (Å²) in [6.45, 7) is 0. The van der Waals surface area contributed by atoms with Crippen LogP contribution in [0, 0.1) is 0 Å². The van der Waals surface area contributed by atoms with Gasteiger partial charge in [-0.25, -0.2) is 4.98 Å². The van der Waals surface area contributed by atoms with Gasteiger partial charge in [0.2, 0.25) is 0 Å². The fourth-order valence-electron chi connectivity index (χ4n) is 1.65. The lowest BCUT2D eigenvalue weighted by Gasteiger charge is -2.02. The minimum Gasteiger partial charge on any atom is -0.385 e. The maximum atomic E-state index is 5.29. The third-order valence-corrected chi connectivity index (χ3v) is 3.88. The number of aromatic nitrogens is 1. The smallest absolute Gasteiger partial charge is 0.176 e. The molecule has 5 heteroatoms. The fourth-order valence-corrected chi connectivity index (χ4v) is 2.90. The van der Waals surface area contributed by atoms with E-state index in [-0.39, 0.29) is 6.10 Å². The second-order valence-electron chi connectivity index (χ2n) is 3.71. The van der Waals surface area contributed by atoms with Crippen LogP contribution in [0.2, 0.25) is 0 Å². The summed E-state index contributed by atoms with van der Waals surface area (Å²) in [5, 5.41) is 6.93. The van der Waals surface area contributed by atoms with Gasteiger partial charge in [-0.15, -0.1) is 11.3 Å². The van der Waals surface area contributed by atoms with Crippen LogP contribution in [0.1, 0.15) is 18.2 Å². The Kier molecular flexibility index (Phi) is 2.94. The molecule has 3 nitrogen and oxygen atoms in total. The van der Waals surface area contributed by atoms with Gasteiger partial charge < -0.3 is 4.84 Å². The molecule has 86 valence electrons. The first-order valence-corrected chi connectivity index (χ1v) is 6.89. The van der Waals surface area contributed by atoms with Crippen LogP contribution < -0.4 is 0 Å². The Labute approximate surface area is 111 Å². The lowest BCUT2D eigenvalue weighted by atomic mass is 10.2. The van der Waals surface area contributed by atoms with Crippen LogP contribution in [0.4, 0.5) is 0 Å². The van der Waals surface area contributed by atoms with Gasteiger partial charge in [0, 0.05) is 17.4 Å². The molecule has 2 heterocycles. The number of benzene rings is 1. The molecule has 17 heavy (non-hydrogen) atoms. The predicted octanol–water partition coefficient (Wildman–Crippen LogP) is 3.98. The van der Waals surface area contributed by atoms with Crippen LogP contribution in [-0.2, 0) is 4.84 Å². The van der Waals surface area contributed by atoms with Crippen molar-refractivity contribution in [2.75, 3.05) is 0 Å². The highest BCUT2D eigenvalue weighted by Gasteiger charge is 2.23. The van der Waals surface area contributed by atoms with E-state index in [4.69, 9.17) is 4.84 Å². The second kappa shape index (κ2) is 4.58. The first-order chi connectivity index (χ1) is 8.33. The van der Waals surface area contributed by atoms with E-state index in [1.807, 2.05) is 23.6 Å². The van der Waals surface area contributed by atoms with E-state index in [2.05, 4.69) is 38.2 Å². The summed E-state index contributed by atoms with van der Waals surface area (Å²) in [6, 6.07) is 10.2. The van der Waals surface area contributed by atoms with Crippen molar-refractivity contribution in [1.29, 1.82) is 0 Å². The summed E-state index contributed by atoms with van der Waals surface area (Å²) in [5.41, 5.74) is 2.09. The zero-order valence-corrected chi connectivity index (χ0v) is 11.2. The van der Waals surface area contributed by atoms with Crippen LogP contribution in [0.25, 0.3) is 10.6 Å². The predicted molar refractivity (Wildman–Crippen MR) is 72.4 cm³/mol. The van der Waals surface area contributed by atoms with Crippen LogP contribution in [0.15, 0.2) is 40.9 Å². The van der Waals surface area contributed by atoms with Gasteiger partial charge in [0.25, 0.3) is 0 Å². The van der Waals surface area contributed by atoms with Gasteiger partial charge in [-0.3, -0.25) is 0 Å². The van der Waals surface area contributed by atoms with Crippen molar-refractivity contribution in [2.45, 2.75) is 12.5 Å². The summed E-state index contributed by atoms with van der Waals surface area (Å²) in [5.74, 6) is 0. The molecule has 0 spiro atoms. The molecule has 1 aromatic carbocycles. The fraction of sp³-hybridized carbons (Fsp3) is 0.167. The SMILES string of the molecule is BrC1=NOC(c2csc(-c3ccccc3)n2)C1. The van der Waals surface area contributed by atoms with Crippen molar-refractivity contribution in [3.8, 4) is 10.6 Å². The monoisotopic (exact) mass is 308 g/mol. The lowest BCUT2D eigenvalue weighted by molar-refractivity contribution is 0.0831. The van der Waals surface area contributed by atoms with Crippen LogP contribution in [-0.4, -0.2) is 9.60 Å². The second-order valence-corrected chi connectivity index (χ2v) is 5.48. The number of hydrogen-bond acceptors (Lipinski definition) is 4. The third kappa shape index (κ3) is 2.25. The molecule has 1 aliphatic rings. The summed E-state index contributed by atoms with van der Waals surface area (Å²) in [6.07, 6.45) is 0.718. The Morgan fingerprint density at radius 2 is 2.12 bits per heavy atom. The molecule has 1 unspecified atom stereocenters. The van der Waals surface area contributed by atoms with Crippen LogP contribution >= 0.6 is 27.3 Å². The molecule has 0 amide bonds. The molecule has 0 saturated carbocycles. The zero-order valence-electron chi connectivity index (χ0n) is 8.84. The van der Waals surface area contributed by atoms with E-state index in [1.165, 1.54) is 0 Å². The topological polar surface area (TPSA) is 34.5 Å². The quantitative estimate of drug-likeness (QED) is 0.841. The molecule has 1 aromatic heterocycles. The Hall–Kier alpha value is -1.20. The van der Waals surface area contributed by atoms with Gasteiger partial charge in [-0.2, -0.15) is 0 Å². The first kappa shape index (κ1) is 10.9. The Morgan fingerprint density at radius 1 is 1.29 bits per heavy atom. The van der Waals surface area contributed by atoms with E-state index >= 15 is 0 Å². The number of rotatable bonds is 2. The van der Waals surface area contributed by atoms with Crippen LogP contribution in [0.5, 0.6) is 0 Å². The number of thiazole rings is 1. The van der Waals surface area contributed by atoms with Gasteiger partial charge in [-0.05, 0) is 15.9 Å². The minimum atomic E-state index is -0.0434. The number of halogens is 1. The Bertz CT molecular complexity index is 553. The van der Waals surface area contributed by atoms with E-state index < -0.39 is 0 Å². The van der Waals surface area contributed by atoms with Crippen molar-refractivity contribution in [3.05, 3.63) is 41.4 Å². The van der Waals surface area contributed by atoms with Crippen LogP contribution in [0.3, 0.4) is 0 Å². The molecular weight excluding hydrogens is 300 g/mol. The average molecular weight is 309 g/mol. The highest BCUT2D eigenvalue weighted by atomic mass is 79.9. The molecule has 0 radical (unpaired) electrons.